The van der Waals surface area contributed by atoms with Gasteiger partial charge in [-0.2, -0.15) is 0 Å². The highest BCUT2D eigenvalue weighted by Gasteiger charge is 2.32. The van der Waals surface area contributed by atoms with E-state index in [0.29, 0.717) is 0 Å². The number of carboxylic acids is 1. The van der Waals surface area contributed by atoms with Gasteiger partial charge in [0.15, 0.2) is 0 Å². The summed E-state index contributed by atoms with van der Waals surface area (Å²) in [7, 11) is 0. The Hall–Kier alpha value is -0.530. The molecule has 0 spiro atoms. The molecule has 108 valence electrons. The van der Waals surface area contributed by atoms with E-state index >= 15 is 0 Å². The van der Waals surface area contributed by atoms with Crippen LogP contribution in [0.15, 0.2) is 0 Å². The van der Waals surface area contributed by atoms with E-state index < -0.39 is 11.4 Å². The van der Waals surface area contributed by atoms with Gasteiger partial charge in [-0.15, -0.1) is 0 Å². The van der Waals surface area contributed by atoms with Crippen LogP contribution in [-0.2, 0) is 4.79 Å². The fourth-order valence-corrected chi connectivity index (χ4v) is 2.16. The normalized spacial score (nSPS) is 13.6. The lowest BCUT2D eigenvalue weighted by Gasteiger charge is -2.27. The van der Waals surface area contributed by atoms with E-state index in [9.17, 15) is 4.79 Å². The fourth-order valence-electron chi connectivity index (χ4n) is 2.16. The highest BCUT2D eigenvalue weighted by molar-refractivity contribution is 5.73. The molecule has 0 aliphatic heterocycles. The Kier molecular flexibility index (Phi) is 9.13. The zero-order valence-corrected chi connectivity index (χ0v) is 12.8. The summed E-state index contributed by atoms with van der Waals surface area (Å²) in [6.45, 7) is 7.98. The summed E-state index contributed by atoms with van der Waals surface area (Å²) >= 11 is 0. The second kappa shape index (κ2) is 9.41. The lowest BCUT2D eigenvalue weighted by Crippen LogP contribution is -2.31. The first kappa shape index (κ1) is 17.5. The van der Waals surface area contributed by atoms with Crippen molar-refractivity contribution in [1.82, 2.24) is 0 Å². The van der Waals surface area contributed by atoms with Crippen LogP contribution >= 0.6 is 0 Å². The Bertz CT molecular complexity index is 221. The van der Waals surface area contributed by atoms with Gasteiger partial charge in [-0.05, 0) is 26.2 Å². The average Bonchev–Trinajstić information content (AvgIpc) is 2.32. The molecule has 0 radical (unpaired) electrons. The van der Waals surface area contributed by atoms with Crippen LogP contribution < -0.4 is 0 Å². The van der Waals surface area contributed by atoms with Crippen LogP contribution in [0.25, 0.3) is 0 Å². The molecule has 0 aliphatic carbocycles. The number of aliphatic carboxylic acids is 1. The molecule has 2 heteroatoms. The molecule has 1 unspecified atom stereocenters. The largest absolute Gasteiger partial charge is 0.481 e. The third-order valence-electron chi connectivity index (χ3n) is 4.27. The number of hydrogen-bond acceptors (Lipinski definition) is 1. The van der Waals surface area contributed by atoms with Gasteiger partial charge in [0.2, 0.25) is 0 Å². The number of rotatable bonds is 11. The van der Waals surface area contributed by atoms with Crippen LogP contribution in [0.3, 0.4) is 0 Å². The minimum absolute atomic E-state index is 0.259. The second-order valence-corrected chi connectivity index (χ2v) is 6.19. The van der Waals surface area contributed by atoms with Crippen LogP contribution in [0, 0.1) is 11.3 Å². The summed E-state index contributed by atoms with van der Waals surface area (Å²) in [5, 5.41) is 9.13. The molecule has 0 rings (SSSR count). The van der Waals surface area contributed by atoms with Gasteiger partial charge in [0, 0.05) is 0 Å². The summed E-state index contributed by atoms with van der Waals surface area (Å²) in [6, 6.07) is 0. The van der Waals surface area contributed by atoms with Crippen molar-refractivity contribution in [3.05, 3.63) is 0 Å². The van der Waals surface area contributed by atoms with Crippen molar-refractivity contribution in [2.24, 2.45) is 11.3 Å². The van der Waals surface area contributed by atoms with Crippen LogP contribution in [0.1, 0.15) is 85.5 Å². The Morgan fingerprint density at radius 1 is 1.00 bits per heavy atom. The van der Waals surface area contributed by atoms with Crippen LogP contribution in [-0.4, -0.2) is 11.1 Å². The monoisotopic (exact) mass is 256 g/mol. The summed E-state index contributed by atoms with van der Waals surface area (Å²) in [5.41, 5.74) is -0.582. The Morgan fingerprint density at radius 2 is 1.44 bits per heavy atom. The SMILES string of the molecule is CCCCCCCCCCC(C)C(C)(C)C(=O)O. The van der Waals surface area contributed by atoms with Crippen molar-refractivity contribution < 1.29 is 9.90 Å². The fraction of sp³-hybridized carbons (Fsp3) is 0.938. The smallest absolute Gasteiger partial charge is 0.309 e. The molecule has 0 saturated heterocycles. The maximum Gasteiger partial charge on any atom is 0.309 e. The van der Waals surface area contributed by atoms with E-state index in [1.807, 2.05) is 13.8 Å². The van der Waals surface area contributed by atoms with E-state index in [1.54, 1.807) is 0 Å². The number of carbonyl (C=O) groups is 1. The summed E-state index contributed by atoms with van der Waals surface area (Å²) < 4.78 is 0. The van der Waals surface area contributed by atoms with Crippen molar-refractivity contribution in [3.8, 4) is 0 Å². The molecule has 2 nitrogen and oxygen atoms in total. The van der Waals surface area contributed by atoms with Crippen LogP contribution in [0.5, 0.6) is 0 Å². The third kappa shape index (κ3) is 7.03. The van der Waals surface area contributed by atoms with Crippen LogP contribution in [0.2, 0.25) is 0 Å². The zero-order valence-electron chi connectivity index (χ0n) is 12.8. The van der Waals surface area contributed by atoms with E-state index in [1.165, 1.54) is 51.4 Å². The third-order valence-corrected chi connectivity index (χ3v) is 4.27. The number of hydrogen-bond donors (Lipinski definition) is 1. The molecule has 0 bridgehead atoms. The predicted molar refractivity (Wildman–Crippen MR) is 77.8 cm³/mol. The summed E-state index contributed by atoms with van der Waals surface area (Å²) in [4.78, 5) is 11.1. The van der Waals surface area contributed by atoms with Crippen LogP contribution in [0.4, 0.5) is 0 Å². The Morgan fingerprint density at radius 3 is 1.89 bits per heavy atom. The lowest BCUT2D eigenvalue weighted by atomic mass is 9.77. The minimum Gasteiger partial charge on any atom is -0.481 e. The predicted octanol–water partition coefficient (Wildman–Crippen LogP) is 5.26. The molecule has 1 atom stereocenters. The zero-order chi connectivity index (χ0) is 14.0. The number of unbranched alkanes of at least 4 members (excludes halogenated alkanes) is 7. The molecule has 0 heterocycles. The summed E-state index contributed by atoms with van der Waals surface area (Å²) in [6.07, 6.45) is 11.5. The van der Waals surface area contributed by atoms with E-state index in [2.05, 4.69) is 13.8 Å². The molecular formula is C16H32O2. The highest BCUT2D eigenvalue weighted by Crippen LogP contribution is 2.30. The van der Waals surface area contributed by atoms with Crippen molar-refractivity contribution in [3.63, 3.8) is 0 Å². The number of carboxylic acid groups (broad SMARTS) is 1. The molecule has 0 aromatic heterocycles. The van der Waals surface area contributed by atoms with Crippen molar-refractivity contribution in [2.75, 3.05) is 0 Å². The Labute approximate surface area is 113 Å². The highest BCUT2D eigenvalue weighted by atomic mass is 16.4. The van der Waals surface area contributed by atoms with Gasteiger partial charge >= 0.3 is 5.97 Å². The molecule has 0 aliphatic rings. The standard InChI is InChI=1S/C16H32O2/c1-5-6-7-8-9-10-11-12-13-14(2)16(3,4)15(17)18/h14H,5-13H2,1-4H3,(H,17,18). The van der Waals surface area contributed by atoms with Gasteiger partial charge < -0.3 is 5.11 Å². The molecule has 0 aromatic carbocycles. The minimum atomic E-state index is -0.672. The van der Waals surface area contributed by atoms with E-state index in [4.69, 9.17) is 5.11 Å². The lowest BCUT2D eigenvalue weighted by molar-refractivity contribution is -0.149. The molecule has 18 heavy (non-hydrogen) atoms. The second-order valence-electron chi connectivity index (χ2n) is 6.19. The van der Waals surface area contributed by atoms with Gasteiger partial charge in [-0.1, -0.05) is 65.2 Å². The molecule has 0 amide bonds. The van der Waals surface area contributed by atoms with Gasteiger partial charge in [0.05, 0.1) is 5.41 Å². The van der Waals surface area contributed by atoms with E-state index in [0.717, 1.165) is 6.42 Å². The van der Waals surface area contributed by atoms with Gasteiger partial charge in [-0.25, -0.2) is 0 Å². The van der Waals surface area contributed by atoms with Gasteiger partial charge in [-0.3, -0.25) is 4.79 Å². The molecule has 0 aromatic rings. The quantitative estimate of drug-likeness (QED) is 0.512. The Balaban J connectivity index is 3.52. The van der Waals surface area contributed by atoms with Crippen molar-refractivity contribution >= 4 is 5.97 Å². The van der Waals surface area contributed by atoms with Crippen molar-refractivity contribution in [2.45, 2.75) is 85.5 Å². The molecule has 0 saturated carbocycles. The first-order valence-electron chi connectivity index (χ1n) is 7.66. The van der Waals surface area contributed by atoms with Gasteiger partial charge in [0.25, 0.3) is 0 Å². The summed E-state index contributed by atoms with van der Waals surface area (Å²) in [5.74, 6) is -0.412. The molecular weight excluding hydrogens is 224 g/mol. The van der Waals surface area contributed by atoms with Crippen molar-refractivity contribution in [1.29, 1.82) is 0 Å². The first-order valence-corrected chi connectivity index (χ1v) is 7.66. The average molecular weight is 256 g/mol. The maximum absolute atomic E-state index is 11.1. The van der Waals surface area contributed by atoms with Gasteiger partial charge in [0.1, 0.15) is 0 Å². The molecule has 1 N–H and O–H groups in total. The maximum atomic E-state index is 11.1. The molecule has 0 fully saturated rings. The topological polar surface area (TPSA) is 37.3 Å². The van der Waals surface area contributed by atoms with E-state index in [-0.39, 0.29) is 5.92 Å². The first-order chi connectivity index (χ1) is 8.42.